The van der Waals surface area contributed by atoms with E-state index in [1.807, 2.05) is 24.3 Å². The summed E-state index contributed by atoms with van der Waals surface area (Å²) < 4.78 is 0. The van der Waals surface area contributed by atoms with Gasteiger partial charge in [-0.15, -0.1) is 0 Å². The van der Waals surface area contributed by atoms with Gasteiger partial charge in [-0.25, -0.2) is 9.97 Å². The average Bonchev–Trinajstić information content (AvgIpc) is 3.30. The molecule has 1 aliphatic heterocycles. The molecule has 5 rings (SSSR count). The summed E-state index contributed by atoms with van der Waals surface area (Å²) in [5.74, 6) is 0.316. The first kappa shape index (κ1) is 21.5. The van der Waals surface area contributed by atoms with Crippen molar-refractivity contribution in [3.63, 3.8) is 0 Å². The minimum absolute atomic E-state index is 0.0874. The molecular weight excluding hydrogens is 450 g/mol. The largest absolute Gasteiger partial charge is 0.323 e. The van der Waals surface area contributed by atoms with E-state index in [2.05, 4.69) is 31.6 Å². The van der Waals surface area contributed by atoms with Gasteiger partial charge in [-0.1, -0.05) is 29.8 Å². The number of nitrogens with zero attached hydrogens (tertiary/aromatic N) is 6. The summed E-state index contributed by atoms with van der Waals surface area (Å²) in [5, 5.41) is 21.1. The van der Waals surface area contributed by atoms with E-state index in [1.165, 1.54) is 0 Å². The molecule has 3 heterocycles. The zero-order valence-electron chi connectivity index (χ0n) is 17.9. The maximum absolute atomic E-state index is 13.1. The fourth-order valence-corrected chi connectivity index (χ4v) is 4.21. The number of nitrogens with one attached hydrogen (secondary N) is 1. The summed E-state index contributed by atoms with van der Waals surface area (Å²) in [6.07, 6.45) is 5.64. The number of aromatic nitrogens is 4. The van der Waals surface area contributed by atoms with Gasteiger partial charge in [0.15, 0.2) is 0 Å². The summed E-state index contributed by atoms with van der Waals surface area (Å²) in [6, 6.07) is 16.9. The lowest BCUT2D eigenvalue weighted by molar-refractivity contribution is -0.117. The molecule has 166 valence electrons. The minimum atomic E-state index is -0.0874. The molecule has 0 spiro atoms. The third-order valence-corrected chi connectivity index (χ3v) is 5.95. The first-order chi connectivity index (χ1) is 16.6. The summed E-state index contributed by atoms with van der Waals surface area (Å²) in [7, 11) is 0. The lowest BCUT2D eigenvalue weighted by Crippen LogP contribution is -2.31. The molecule has 0 fully saturated rings. The van der Waals surface area contributed by atoms with Gasteiger partial charge in [-0.2, -0.15) is 15.5 Å². The molecule has 0 saturated heterocycles. The lowest BCUT2D eigenvalue weighted by Gasteiger charge is -2.19. The van der Waals surface area contributed by atoms with Gasteiger partial charge in [0.25, 0.3) is 0 Å². The Bertz CT molecular complexity index is 1420. The second kappa shape index (κ2) is 9.25. The first-order valence-corrected chi connectivity index (χ1v) is 11.0. The molecule has 0 saturated carbocycles. The average molecular weight is 468 g/mol. The van der Waals surface area contributed by atoms with Gasteiger partial charge in [0, 0.05) is 23.3 Å². The molecule has 1 N–H and O–H groups in total. The highest BCUT2D eigenvalue weighted by Gasteiger charge is 2.29. The zero-order valence-corrected chi connectivity index (χ0v) is 18.7. The van der Waals surface area contributed by atoms with Crippen LogP contribution in [-0.4, -0.2) is 32.6 Å². The Morgan fingerprint density at radius 1 is 1.15 bits per heavy atom. The third-order valence-electron chi connectivity index (χ3n) is 5.58. The van der Waals surface area contributed by atoms with Crippen molar-refractivity contribution >= 4 is 34.8 Å². The second-order valence-corrected chi connectivity index (χ2v) is 8.14. The molecular formula is C25H18ClN7O. The topological polar surface area (TPSA) is 108 Å². The van der Waals surface area contributed by atoms with Crippen molar-refractivity contribution in [2.45, 2.75) is 12.8 Å². The summed E-state index contributed by atoms with van der Waals surface area (Å²) >= 11 is 6.24. The van der Waals surface area contributed by atoms with Crippen LogP contribution in [0.3, 0.4) is 0 Å². The number of hydrogen-bond donors (Lipinski definition) is 1. The van der Waals surface area contributed by atoms with Crippen LogP contribution in [0.5, 0.6) is 0 Å². The Labute approximate surface area is 200 Å². The molecule has 1 amide bonds. The smallest absolute Gasteiger partial charge is 0.231 e. The fraction of sp³-hybridized carbons (Fsp3) is 0.120. The SMILES string of the molecule is N#Cc1cc(-c2ccnc(Nc3ccnnc3)n2)cc2c1N(C(=O)Cc1ccccc1Cl)CC2. The Hall–Kier alpha value is -4.35. The van der Waals surface area contributed by atoms with Gasteiger partial charge in [-0.05, 0) is 47.9 Å². The molecule has 4 aromatic rings. The van der Waals surface area contributed by atoms with Crippen molar-refractivity contribution in [2.75, 3.05) is 16.8 Å². The molecule has 0 radical (unpaired) electrons. The maximum Gasteiger partial charge on any atom is 0.231 e. The number of hydrogen-bond acceptors (Lipinski definition) is 7. The zero-order chi connectivity index (χ0) is 23.5. The normalized spacial score (nSPS) is 12.2. The van der Waals surface area contributed by atoms with Crippen molar-refractivity contribution in [2.24, 2.45) is 0 Å². The number of amides is 1. The number of rotatable bonds is 5. The highest BCUT2D eigenvalue weighted by molar-refractivity contribution is 6.31. The molecule has 0 aliphatic carbocycles. The monoisotopic (exact) mass is 467 g/mol. The minimum Gasteiger partial charge on any atom is -0.323 e. The van der Waals surface area contributed by atoms with Crippen LogP contribution in [0, 0.1) is 11.3 Å². The summed E-state index contributed by atoms with van der Waals surface area (Å²) in [4.78, 5) is 23.6. The number of anilines is 3. The van der Waals surface area contributed by atoms with Crippen LogP contribution in [0.1, 0.15) is 16.7 Å². The van der Waals surface area contributed by atoms with E-state index in [1.54, 1.807) is 47.8 Å². The molecule has 0 unspecified atom stereocenters. The number of fused-ring (bicyclic) bond motifs is 1. The predicted molar refractivity (Wildman–Crippen MR) is 129 cm³/mol. The molecule has 0 bridgehead atoms. The van der Waals surface area contributed by atoms with Crippen LogP contribution in [0.2, 0.25) is 5.02 Å². The number of benzene rings is 2. The summed E-state index contributed by atoms with van der Waals surface area (Å²) in [5.41, 5.74) is 4.97. The van der Waals surface area contributed by atoms with Crippen molar-refractivity contribution < 1.29 is 4.79 Å². The van der Waals surface area contributed by atoms with Crippen LogP contribution in [0.25, 0.3) is 11.3 Å². The van der Waals surface area contributed by atoms with Gasteiger partial charge in [-0.3, -0.25) is 4.79 Å². The van der Waals surface area contributed by atoms with E-state index in [4.69, 9.17) is 11.6 Å². The van der Waals surface area contributed by atoms with Gasteiger partial charge >= 0.3 is 0 Å². The first-order valence-electron chi connectivity index (χ1n) is 10.6. The van der Waals surface area contributed by atoms with Gasteiger partial charge < -0.3 is 10.2 Å². The second-order valence-electron chi connectivity index (χ2n) is 7.73. The Kier molecular flexibility index (Phi) is 5.85. The van der Waals surface area contributed by atoms with Crippen molar-refractivity contribution in [1.29, 1.82) is 5.26 Å². The van der Waals surface area contributed by atoms with Crippen LogP contribution >= 0.6 is 11.6 Å². The molecule has 2 aromatic heterocycles. The van der Waals surface area contributed by atoms with Gasteiger partial charge in [0.1, 0.15) is 6.07 Å². The lowest BCUT2D eigenvalue weighted by atomic mass is 10.0. The Morgan fingerprint density at radius 2 is 2.03 bits per heavy atom. The van der Waals surface area contributed by atoms with Crippen LogP contribution in [-0.2, 0) is 17.6 Å². The highest BCUT2D eigenvalue weighted by atomic mass is 35.5. The van der Waals surface area contributed by atoms with Crippen molar-refractivity contribution in [3.05, 3.63) is 88.8 Å². The molecule has 0 atom stereocenters. The maximum atomic E-state index is 13.1. The Balaban J connectivity index is 1.44. The standard InChI is InChI=1S/C25H18ClN7O/c26-21-4-2-1-3-16(21)13-23(34)33-10-7-17-11-18(12-19(14-27)24(17)33)22-6-8-28-25(32-22)31-20-5-9-29-30-15-20/h1-6,8-9,11-12,15H,7,10,13H2,(H,28,29,31,32). The molecule has 1 aliphatic rings. The molecule has 34 heavy (non-hydrogen) atoms. The van der Waals surface area contributed by atoms with E-state index >= 15 is 0 Å². The number of halogens is 1. The van der Waals surface area contributed by atoms with E-state index in [0.29, 0.717) is 46.6 Å². The number of carbonyl (C=O) groups excluding carboxylic acids is 1. The van der Waals surface area contributed by atoms with Crippen LogP contribution in [0.4, 0.5) is 17.3 Å². The van der Waals surface area contributed by atoms with Crippen molar-refractivity contribution in [1.82, 2.24) is 20.2 Å². The van der Waals surface area contributed by atoms with E-state index < -0.39 is 0 Å². The van der Waals surface area contributed by atoms with Crippen LogP contribution in [0.15, 0.2) is 67.1 Å². The highest BCUT2D eigenvalue weighted by Crippen LogP contribution is 2.36. The predicted octanol–water partition coefficient (Wildman–Crippen LogP) is 4.33. The van der Waals surface area contributed by atoms with E-state index in [0.717, 1.165) is 16.7 Å². The number of nitriles is 1. The molecule has 2 aromatic carbocycles. The van der Waals surface area contributed by atoms with E-state index in [-0.39, 0.29) is 12.3 Å². The van der Waals surface area contributed by atoms with Gasteiger partial charge in [0.05, 0.1) is 41.4 Å². The van der Waals surface area contributed by atoms with E-state index in [9.17, 15) is 10.1 Å². The Morgan fingerprint density at radius 3 is 2.82 bits per heavy atom. The molecule has 8 nitrogen and oxygen atoms in total. The quantitative estimate of drug-likeness (QED) is 0.465. The van der Waals surface area contributed by atoms with Gasteiger partial charge in [0.2, 0.25) is 11.9 Å². The van der Waals surface area contributed by atoms with Crippen molar-refractivity contribution in [3.8, 4) is 17.3 Å². The third kappa shape index (κ3) is 4.29. The summed E-state index contributed by atoms with van der Waals surface area (Å²) in [6.45, 7) is 0.516. The fourth-order valence-electron chi connectivity index (χ4n) is 4.00. The number of carbonyl (C=O) groups is 1. The van der Waals surface area contributed by atoms with Crippen LogP contribution < -0.4 is 10.2 Å². The molecule has 9 heteroatoms.